The average molecular weight is 392 g/mol. The Morgan fingerprint density at radius 1 is 1.04 bits per heavy atom. The number of aryl methyl sites for hydroxylation is 1. The van der Waals surface area contributed by atoms with E-state index in [1.54, 1.807) is 4.57 Å². The van der Waals surface area contributed by atoms with Gasteiger partial charge in [0.05, 0.1) is 0 Å². The van der Waals surface area contributed by atoms with E-state index in [0.717, 1.165) is 12.2 Å². The molecule has 2 aromatic rings. The van der Waals surface area contributed by atoms with Crippen molar-refractivity contribution in [2.24, 2.45) is 0 Å². The molecule has 8 nitrogen and oxygen atoms in total. The van der Waals surface area contributed by atoms with Crippen LogP contribution in [0.3, 0.4) is 0 Å². The number of nitrogens with zero attached hydrogens (tertiary/aromatic N) is 4. The Kier molecular flexibility index (Phi) is 5.31. The number of piperidine rings is 1. The zero-order chi connectivity index (χ0) is 20.9. The Hall–Kier alpha value is -1.93. The van der Waals surface area contributed by atoms with Gasteiger partial charge in [0.2, 0.25) is 0 Å². The summed E-state index contributed by atoms with van der Waals surface area (Å²) >= 11 is 0. The van der Waals surface area contributed by atoms with E-state index in [2.05, 4.69) is 4.98 Å². The molecule has 1 fully saturated rings. The fraction of sp³-hybridized carbons (Fsp3) is 0.750. The van der Waals surface area contributed by atoms with Crippen LogP contribution in [-0.2, 0) is 13.1 Å². The quantitative estimate of drug-likeness (QED) is 0.817. The van der Waals surface area contributed by atoms with Gasteiger partial charge >= 0.3 is 5.69 Å². The van der Waals surface area contributed by atoms with Crippen LogP contribution in [0, 0.1) is 0 Å². The van der Waals surface area contributed by atoms with Crippen molar-refractivity contribution in [3.8, 4) is 0 Å². The van der Waals surface area contributed by atoms with Crippen LogP contribution in [0.4, 0.5) is 0 Å². The van der Waals surface area contributed by atoms with Gasteiger partial charge in [-0.05, 0) is 53.4 Å². The summed E-state index contributed by atoms with van der Waals surface area (Å²) in [6, 6.07) is 0. The highest BCUT2D eigenvalue weighted by Crippen LogP contribution is 2.43. The summed E-state index contributed by atoms with van der Waals surface area (Å²) in [5.41, 5.74) is -0.579. The monoisotopic (exact) mass is 391 g/mol. The lowest BCUT2D eigenvalue weighted by atomic mass is 9.75. The van der Waals surface area contributed by atoms with E-state index in [1.807, 2.05) is 41.5 Å². The van der Waals surface area contributed by atoms with Crippen LogP contribution >= 0.6 is 0 Å². The van der Waals surface area contributed by atoms with Gasteiger partial charge in [-0.1, -0.05) is 13.8 Å². The predicted molar refractivity (Wildman–Crippen MR) is 109 cm³/mol. The van der Waals surface area contributed by atoms with Crippen molar-refractivity contribution in [3.63, 3.8) is 0 Å². The molecular formula is C20H33N5O3. The summed E-state index contributed by atoms with van der Waals surface area (Å²) in [6.07, 6.45) is 2.90. The molecule has 156 valence electrons. The number of hydrogen-bond acceptors (Lipinski definition) is 5. The van der Waals surface area contributed by atoms with Gasteiger partial charge in [-0.3, -0.25) is 13.9 Å². The Labute approximate surface area is 165 Å². The molecule has 0 aromatic carbocycles. The van der Waals surface area contributed by atoms with Gasteiger partial charge in [0.25, 0.3) is 5.56 Å². The summed E-state index contributed by atoms with van der Waals surface area (Å²) in [6.45, 7) is 12.9. The molecule has 0 unspecified atom stereocenters. The number of aromatic nitrogens is 4. The van der Waals surface area contributed by atoms with E-state index in [-0.39, 0.29) is 17.2 Å². The molecule has 0 atom stereocenters. The molecule has 0 spiro atoms. The summed E-state index contributed by atoms with van der Waals surface area (Å²) in [5, 5.41) is 12.0. The van der Waals surface area contributed by atoms with E-state index in [4.69, 9.17) is 4.98 Å². The molecule has 0 aliphatic carbocycles. The van der Waals surface area contributed by atoms with Gasteiger partial charge in [-0.25, -0.2) is 9.78 Å². The molecule has 3 heterocycles. The van der Waals surface area contributed by atoms with Crippen molar-refractivity contribution in [1.29, 1.82) is 0 Å². The molecule has 2 N–H and O–H groups in total. The smallest absolute Gasteiger partial charge is 0.332 e. The number of aromatic amines is 1. The lowest BCUT2D eigenvalue weighted by Crippen LogP contribution is -2.58. The number of hydrogen-bond donors (Lipinski definition) is 2. The third kappa shape index (κ3) is 3.33. The van der Waals surface area contributed by atoms with Crippen molar-refractivity contribution in [2.75, 3.05) is 0 Å². The topological polar surface area (TPSA) is 96.2 Å². The Balaban J connectivity index is 2.17. The van der Waals surface area contributed by atoms with Gasteiger partial charge in [-0.2, -0.15) is 5.06 Å². The molecule has 2 aromatic heterocycles. The highest BCUT2D eigenvalue weighted by Gasteiger charge is 2.46. The normalized spacial score (nSPS) is 20.1. The number of nitrogens with one attached hydrogen (secondary N) is 1. The van der Waals surface area contributed by atoms with Crippen molar-refractivity contribution in [1.82, 2.24) is 24.2 Å². The first-order chi connectivity index (χ1) is 13.0. The second-order valence-corrected chi connectivity index (χ2v) is 9.25. The molecule has 3 rings (SSSR count). The van der Waals surface area contributed by atoms with Gasteiger partial charge in [0.1, 0.15) is 11.3 Å². The standard InChI is InChI=1S/C20H33N5O3/c1-7-9-23-16-14(17(26)24(10-8-2)18(23)27)21-15(22-16)13-11-19(3,4)25(28)20(5,6)12-13/h13,28H,7-12H2,1-6H3,(H,21,22). The average Bonchev–Trinajstić information content (AvgIpc) is 3.05. The van der Waals surface area contributed by atoms with Crippen LogP contribution in [0.25, 0.3) is 11.2 Å². The maximum Gasteiger partial charge on any atom is 0.332 e. The van der Waals surface area contributed by atoms with Crippen LogP contribution in [-0.4, -0.2) is 40.5 Å². The molecular weight excluding hydrogens is 358 g/mol. The first-order valence-corrected chi connectivity index (χ1v) is 10.3. The molecule has 1 aliphatic rings. The summed E-state index contributed by atoms with van der Waals surface area (Å²) in [4.78, 5) is 33.8. The van der Waals surface area contributed by atoms with Crippen LogP contribution in [0.2, 0.25) is 0 Å². The van der Waals surface area contributed by atoms with Gasteiger partial charge in [0, 0.05) is 30.1 Å². The second-order valence-electron chi connectivity index (χ2n) is 9.25. The molecule has 1 saturated heterocycles. The van der Waals surface area contributed by atoms with Gasteiger partial charge < -0.3 is 10.2 Å². The maximum atomic E-state index is 12.9. The van der Waals surface area contributed by atoms with Crippen LogP contribution in [0.1, 0.15) is 79.0 Å². The van der Waals surface area contributed by atoms with E-state index >= 15 is 0 Å². The largest absolute Gasteiger partial charge is 0.336 e. The summed E-state index contributed by atoms with van der Waals surface area (Å²) in [5.74, 6) is 0.782. The highest BCUT2D eigenvalue weighted by atomic mass is 16.5. The molecule has 1 aliphatic heterocycles. The summed E-state index contributed by atoms with van der Waals surface area (Å²) in [7, 11) is 0. The SMILES string of the molecule is CCCn1c(=O)c2[nH]c(C3CC(C)(C)N(O)C(C)(C)C3)nc2n(CCC)c1=O. The Bertz CT molecular complexity index is 964. The third-order valence-electron chi connectivity index (χ3n) is 5.80. The van der Waals surface area contributed by atoms with E-state index < -0.39 is 11.1 Å². The number of hydroxylamine groups is 2. The van der Waals surface area contributed by atoms with Crippen LogP contribution in [0.15, 0.2) is 9.59 Å². The highest BCUT2D eigenvalue weighted by molar-refractivity contribution is 5.70. The fourth-order valence-corrected chi connectivity index (χ4v) is 4.69. The zero-order valence-corrected chi connectivity index (χ0v) is 17.9. The number of H-pyrrole nitrogens is 1. The summed E-state index contributed by atoms with van der Waals surface area (Å²) < 4.78 is 2.92. The third-order valence-corrected chi connectivity index (χ3v) is 5.80. The number of imidazole rings is 1. The number of rotatable bonds is 5. The van der Waals surface area contributed by atoms with Crippen molar-refractivity contribution in [3.05, 3.63) is 26.7 Å². The molecule has 0 bridgehead atoms. The first kappa shape index (κ1) is 20.8. The second kappa shape index (κ2) is 7.15. The molecule has 0 radical (unpaired) electrons. The maximum absolute atomic E-state index is 12.9. The zero-order valence-electron chi connectivity index (χ0n) is 17.9. The first-order valence-electron chi connectivity index (χ1n) is 10.3. The fourth-order valence-electron chi connectivity index (χ4n) is 4.69. The Morgan fingerprint density at radius 2 is 1.57 bits per heavy atom. The lowest BCUT2D eigenvalue weighted by Gasteiger charge is -2.51. The van der Waals surface area contributed by atoms with E-state index in [0.29, 0.717) is 43.5 Å². The molecule has 0 saturated carbocycles. The van der Waals surface area contributed by atoms with E-state index in [1.165, 1.54) is 9.63 Å². The van der Waals surface area contributed by atoms with Crippen molar-refractivity contribution >= 4 is 11.2 Å². The minimum Gasteiger partial charge on any atom is -0.336 e. The van der Waals surface area contributed by atoms with Crippen LogP contribution in [0.5, 0.6) is 0 Å². The van der Waals surface area contributed by atoms with Gasteiger partial charge in [-0.15, -0.1) is 0 Å². The minimum absolute atomic E-state index is 0.0602. The Morgan fingerprint density at radius 3 is 2.11 bits per heavy atom. The number of fused-ring (bicyclic) bond motifs is 1. The van der Waals surface area contributed by atoms with E-state index in [9.17, 15) is 14.8 Å². The lowest BCUT2D eigenvalue weighted by molar-refractivity contribution is -0.245. The molecule has 8 heteroatoms. The molecule has 0 amide bonds. The molecule has 28 heavy (non-hydrogen) atoms. The predicted octanol–water partition coefficient (Wildman–Crippen LogP) is 2.83. The van der Waals surface area contributed by atoms with Crippen molar-refractivity contribution in [2.45, 2.75) is 97.3 Å². The van der Waals surface area contributed by atoms with Gasteiger partial charge in [0.15, 0.2) is 5.65 Å². The van der Waals surface area contributed by atoms with Crippen LogP contribution < -0.4 is 11.2 Å². The van der Waals surface area contributed by atoms with Crippen molar-refractivity contribution < 1.29 is 5.21 Å². The minimum atomic E-state index is -0.420.